The lowest BCUT2D eigenvalue weighted by atomic mass is 9.75. The molecule has 0 bridgehead atoms. The van der Waals surface area contributed by atoms with E-state index in [1.807, 2.05) is 64.1 Å². The molecular weight excluding hydrogens is 451 g/mol. The molecular formula is C25H27BN2O5S. The molecule has 0 spiro atoms. The molecule has 2 N–H and O–H groups in total. The quantitative estimate of drug-likeness (QED) is 0.419. The summed E-state index contributed by atoms with van der Waals surface area (Å²) in [6.45, 7) is 7.72. The van der Waals surface area contributed by atoms with E-state index in [4.69, 9.17) is 9.31 Å². The summed E-state index contributed by atoms with van der Waals surface area (Å²) < 4.78 is 37.5. The summed E-state index contributed by atoms with van der Waals surface area (Å²) in [6, 6.07) is 22.8. The first-order chi connectivity index (χ1) is 16.0. The fourth-order valence-corrected chi connectivity index (χ4v) is 4.44. The third-order valence-corrected chi connectivity index (χ3v) is 7.53. The number of hydrogen-bond acceptors (Lipinski definition) is 5. The van der Waals surface area contributed by atoms with Crippen LogP contribution in [0.4, 0.5) is 0 Å². The Bertz CT molecular complexity index is 1280. The molecule has 1 aliphatic rings. The standard InChI is InChI=1S/C25H27BN2O5S/c1-24(2)25(3,4)33-26(32-24)22-16-15-19(18-11-7-5-8-12-18)17-21(22)23(29)27-28-34(30,31)20-13-9-6-10-14-20/h5-17,28H,1-4H3,(H,27,29). The van der Waals surface area contributed by atoms with Crippen molar-refractivity contribution in [3.05, 3.63) is 84.4 Å². The second-order valence-corrected chi connectivity index (χ2v) is 10.8. The van der Waals surface area contributed by atoms with Crippen LogP contribution in [-0.4, -0.2) is 32.6 Å². The Morgan fingerprint density at radius 2 is 1.35 bits per heavy atom. The van der Waals surface area contributed by atoms with E-state index in [2.05, 4.69) is 10.3 Å². The van der Waals surface area contributed by atoms with E-state index < -0.39 is 34.3 Å². The van der Waals surface area contributed by atoms with Gasteiger partial charge in [0.2, 0.25) is 0 Å². The molecule has 1 amide bonds. The van der Waals surface area contributed by atoms with Crippen LogP contribution in [0.3, 0.4) is 0 Å². The van der Waals surface area contributed by atoms with E-state index in [1.54, 1.807) is 30.3 Å². The molecule has 0 radical (unpaired) electrons. The van der Waals surface area contributed by atoms with Gasteiger partial charge in [0, 0.05) is 5.56 Å². The van der Waals surface area contributed by atoms with E-state index in [1.165, 1.54) is 12.1 Å². The number of carbonyl (C=O) groups is 1. The molecule has 0 aliphatic carbocycles. The molecule has 0 atom stereocenters. The second kappa shape index (κ2) is 9.00. The molecule has 9 heteroatoms. The van der Waals surface area contributed by atoms with Crippen LogP contribution in [0.15, 0.2) is 83.8 Å². The second-order valence-electron chi connectivity index (χ2n) is 9.13. The highest BCUT2D eigenvalue weighted by Gasteiger charge is 2.52. The Morgan fingerprint density at radius 3 is 1.94 bits per heavy atom. The molecule has 3 aromatic rings. The Kier molecular flexibility index (Phi) is 6.39. The van der Waals surface area contributed by atoms with Crippen LogP contribution in [0.2, 0.25) is 0 Å². The van der Waals surface area contributed by atoms with Gasteiger partial charge in [0.05, 0.1) is 16.1 Å². The summed E-state index contributed by atoms with van der Waals surface area (Å²) in [7, 11) is -4.73. The Hall–Kier alpha value is -2.98. The minimum Gasteiger partial charge on any atom is -0.399 e. The van der Waals surface area contributed by atoms with Gasteiger partial charge in [0.1, 0.15) is 0 Å². The monoisotopic (exact) mass is 478 g/mol. The van der Waals surface area contributed by atoms with Crippen molar-refractivity contribution in [3.63, 3.8) is 0 Å². The van der Waals surface area contributed by atoms with Crippen molar-refractivity contribution in [3.8, 4) is 11.1 Å². The number of nitrogens with one attached hydrogen (secondary N) is 2. The molecule has 1 aliphatic heterocycles. The predicted octanol–water partition coefficient (Wildman–Crippen LogP) is 3.28. The summed E-state index contributed by atoms with van der Waals surface area (Å²) in [5.41, 5.74) is 3.61. The van der Waals surface area contributed by atoms with E-state index in [0.29, 0.717) is 5.46 Å². The summed E-state index contributed by atoms with van der Waals surface area (Å²) >= 11 is 0. The summed E-state index contributed by atoms with van der Waals surface area (Å²) in [6.07, 6.45) is 0. The lowest BCUT2D eigenvalue weighted by Crippen LogP contribution is -2.46. The van der Waals surface area contributed by atoms with Gasteiger partial charge in [-0.25, -0.2) is 8.42 Å². The number of benzene rings is 3. The van der Waals surface area contributed by atoms with Gasteiger partial charge in [0.15, 0.2) is 0 Å². The molecule has 0 saturated carbocycles. The van der Waals surface area contributed by atoms with Gasteiger partial charge in [-0.2, -0.15) is 0 Å². The average molecular weight is 478 g/mol. The third-order valence-electron chi connectivity index (χ3n) is 6.26. The predicted molar refractivity (Wildman–Crippen MR) is 132 cm³/mol. The number of hydrogen-bond donors (Lipinski definition) is 2. The van der Waals surface area contributed by atoms with Crippen LogP contribution in [0.1, 0.15) is 38.1 Å². The van der Waals surface area contributed by atoms with Crippen molar-refractivity contribution in [2.24, 2.45) is 0 Å². The molecule has 34 heavy (non-hydrogen) atoms. The SMILES string of the molecule is CC1(C)OB(c2ccc(-c3ccccc3)cc2C(=O)NNS(=O)(=O)c2ccccc2)OC1(C)C. The first-order valence-electron chi connectivity index (χ1n) is 10.9. The molecule has 4 rings (SSSR count). The number of carbonyl (C=O) groups excluding carboxylic acids is 1. The highest BCUT2D eigenvalue weighted by Crippen LogP contribution is 2.37. The van der Waals surface area contributed by atoms with Gasteiger partial charge >= 0.3 is 7.12 Å². The van der Waals surface area contributed by atoms with Gasteiger partial charge in [-0.05, 0) is 62.5 Å². The van der Waals surface area contributed by atoms with Gasteiger partial charge < -0.3 is 9.31 Å². The average Bonchev–Trinajstić information content (AvgIpc) is 3.05. The van der Waals surface area contributed by atoms with Gasteiger partial charge in [-0.3, -0.25) is 10.2 Å². The smallest absolute Gasteiger partial charge is 0.399 e. The maximum atomic E-state index is 13.3. The summed E-state index contributed by atoms with van der Waals surface area (Å²) in [5, 5.41) is 0. The van der Waals surface area contributed by atoms with Crippen LogP contribution < -0.4 is 15.7 Å². The van der Waals surface area contributed by atoms with Crippen molar-refractivity contribution in [2.45, 2.75) is 43.8 Å². The highest BCUT2D eigenvalue weighted by molar-refractivity contribution is 7.89. The van der Waals surface area contributed by atoms with E-state index >= 15 is 0 Å². The highest BCUT2D eigenvalue weighted by atomic mass is 32.2. The van der Waals surface area contributed by atoms with Crippen LogP contribution in [0.5, 0.6) is 0 Å². The van der Waals surface area contributed by atoms with Crippen LogP contribution in [0, 0.1) is 0 Å². The topological polar surface area (TPSA) is 93.7 Å². The zero-order valence-electron chi connectivity index (χ0n) is 19.5. The Balaban J connectivity index is 1.68. The minimum absolute atomic E-state index is 0.0412. The minimum atomic E-state index is -3.94. The lowest BCUT2D eigenvalue weighted by molar-refractivity contribution is 0.00578. The number of amides is 1. The van der Waals surface area contributed by atoms with Crippen LogP contribution in [-0.2, 0) is 19.3 Å². The van der Waals surface area contributed by atoms with E-state index in [0.717, 1.165) is 11.1 Å². The van der Waals surface area contributed by atoms with Crippen molar-refractivity contribution < 1.29 is 22.5 Å². The summed E-state index contributed by atoms with van der Waals surface area (Å²) in [5.74, 6) is -0.623. The molecule has 0 unspecified atom stereocenters. The molecule has 1 heterocycles. The van der Waals surface area contributed by atoms with Crippen LogP contribution in [0.25, 0.3) is 11.1 Å². The fraction of sp³-hybridized carbons (Fsp3) is 0.240. The van der Waals surface area contributed by atoms with E-state index in [9.17, 15) is 13.2 Å². The van der Waals surface area contributed by atoms with Crippen LogP contribution >= 0.6 is 0 Å². The van der Waals surface area contributed by atoms with Crippen molar-refractivity contribution in [1.82, 2.24) is 10.3 Å². The molecule has 1 fully saturated rings. The first kappa shape index (κ1) is 24.2. The molecule has 3 aromatic carbocycles. The number of sulfonamides is 1. The van der Waals surface area contributed by atoms with Crippen molar-refractivity contribution in [2.75, 3.05) is 0 Å². The van der Waals surface area contributed by atoms with Gasteiger partial charge in [0.25, 0.3) is 15.9 Å². The van der Waals surface area contributed by atoms with Gasteiger partial charge in [-0.15, -0.1) is 4.83 Å². The zero-order chi connectivity index (χ0) is 24.6. The lowest BCUT2D eigenvalue weighted by Gasteiger charge is -2.32. The largest absolute Gasteiger partial charge is 0.495 e. The number of hydrazine groups is 1. The van der Waals surface area contributed by atoms with E-state index in [-0.39, 0.29) is 10.5 Å². The molecule has 7 nitrogen and oxygen atoms in total. The molecule has 0 aromatic heterocycles. The van der Waals surface area contributed by atoms with Gasteiger partial charge in [-0.1, -0.05) is 60.7 Å². The summed E-state index contributed by atoms with van der Waals surface area (Å²) in [4.78, 5) is 15.5. The maximum Gasteiger partial charge on any atom is 0.495 e. The Morgan fingerprint density at radius 1 is 0.794 bits per heavy atom. The Labute approximate surface area is 200 Å². The zero-order valence-corrected chi connectivity index (χ0v) is 20.3. The normalized spacial score (nSPS) is 16.9. The molecule has 176 valence electrons. The fourth-order valence-electron chi connectivity index (χ4n) is 3.58. The maximum absolute atomic E-state index is 13.3. The van der Waals surface area contributed by atoms with Crippen molar-refractivity contribution in [1.29, 1.82) is 0 Å². The third kappa shape index (κ3) is 4.78. The first-order valence-corrected chi connectivity index (χ1v) is 12.4. The van der Waals surface area contributed by atoms with Crippen molar-refractivity contribution >= 4 is 28.5 Å². The molecule has 1 saturated heterocycles. The number of rotatable bonds is 6.